The second-order valence-corrected chi connectivity index (χ2v) is 6.12. The lowest BCUT2D eigenvalue weighted by Crippen LogP contribution is -2.50. The van der Waals surface area contributed by atoms with E-state index in [1.165, 1.54) is 0 Å². The monoisotopic (exact) mass is 358 g/mol. The molecule has 0 atom stereocenters. The summed E-state index contributed by atoms with van der Waals surface area (Å²) in [6.45, 7) is 3.72. The van der Waals surface area contributed by atoms with E-state index in [0.717, 1.165) is 5.69 Å². The van der Waals surface area contributed by atoms with Gasteiger partial charge in [-0.25, -0.2) is 0 Å². The number of aromatic nitrogens is 2. The summed E-state index contributed by atoms with van der Waals surface area (Å²) in [4.78, 5) is 28.7. The van der Waals surface area contributed by atoms with Gasteiger partial charge in [-0.15, -0.1) is 0 Å². The number of aryl methyl sites for hydroxylation is 1. The number of carbonyl (C=O) groups is 2. The molecule has 8 heteroatoms. The lowest BCUT2D eigenvalue weighted by Gasteiger charge is -2.34. The van der Waals surface area contributed by atoms with Crippen molar-refractivity contribution < 1.29 is 19.1 Å². The maximum absolute atomic E-state index is 12.8. The van der Waals surface area contributed by atoms with E-state index in [0.29, 0.717) is 48.9 Å². The summed E-state index contributed by atoms with van der Waals surface area (Å²) in [5.74, 6) is 0.903. The first-order valence-electron chi connectivity index (χ1n) is 8.35. The van der Waals surface area contributed by atoms with Crippen LogP contribution in [0.15, 0.2) is 24.3 Å². The number of hydrogen-bond acceptors (Lipinski definition) is 5. The number of H-pyrrole nitrogens is 1. The van der Waals surface area contributed by atoms with Gasteiger partial charge in [0, 0.05) is 43.5 Å². The highest BCUT2D eigenvalue weighted by Crippen LogP contribution is 2.24. The van der Waals surface area contributed by atoms with Gasteiger partial charge in [0.05, 0.1) is 14.2 Å². The average molecular weight is 358 g/mol. The molecule has 2 aromatic rings. The molecular formula is C18H22N4O4. The van der Waals surface area contributed by atoms with Gasteiger partial charge in [-0.1, -0.05) is 0 Å². The van der Waals surface area contributed by atoms with Gasteiger partial charge in [0.15, 0.2) is 0 Å². The molecule has 2 heterocycles. The van der Waals surface area contributed by atoms with Crippen LogP contribution < -0.4 is 9.47 Å². The van der Waals surface area contributed by atoms with Crippen LogP contribution in [0.5, 0.6) is 11.5 Å². The van der Waals surface area contributed by atoms with E-state index in [4.69, 9.17) is 9.47 Å². The number of piperazine rings is 1. The number of nitrogens with zero attached hydrogens (tertiary/aromatic N) is 3. The van der Waals surface area contributed by atoms with Gasteiger partial charge in [-0.2, -0.15) is 5.10 Å². The maximum atomic E-state index is 12.8. The normalized spacial score (nSPS) is 14.3. The highest BCUT2D eigenvalue weighted by molar-refractivity contribution is 5.96. The summed E-state index contributed by atoms with van der Waals surface area (Å²) in [5, 5.41) is 6.78. The summed E-state index contributed by atoms with van der Waals surface area (Å²) >= 11 is 0. The van der Waals surface area contributed by atoms with E-state index in [1.807, 2.05) is 6.92 Å². The summed E-state index contributed by atoms with van der Waals surface area (Å²) in [6.07, 6.45) is 0. The van der Waals surface area contributed by atoms with Crippen LogP contribution >= 0.6 is 0 Å². The predicted octanol–water partition coefficient (Wildman–Crippen LogP) is 1.33. The van der Waals surface area contributed by atoms with Crippen molar-refractivity contribution in [2.75, 3.05) is 40.4 Å². The quantitative estimate of drug-likeness (QED) is 0.891. The molecule has 0 unspecified atom stereocenters. The Balaban J connectivity index is 1.66. The van der Waals surface area contributed by atoms with Crippen LogP contribution in [0.3, 0.4) is 0 Å². The minimum Gasteiger partial charge on any atom is -0.497 e. The number of hydrogen-bond donors (Lipinski definition) is 1. The summed E-state index contributed by atoms with van der Waals surface area (Å²) in [5.41, 5.74) is 1.75. The molecule has 0 bridgehead atoms. The van der Waals surface area contributed by atoms with Crippen LogP contribution in [0.4, 0.5) is 0 Å². The molecule has 1 N–H and O–H groups in total. The minimum absolute atomic E-state index is 0.107. The van der Waals surface area contributed by atoms with Crippen LogP contribution in [-0.2, 0) is 0 Å². The van der Waals surface area contributed by atoms with Crippen LogP contribution in [0, 0.1) is 6.92 Å². The molecule has 1 aliphatic heterocycles. The number of methoxy groups -OCH3 is 2. The Bertz CT molecular complexity index is 787. The first-order valence-corrected chi connectivity index (χ1v) is 8.35. The lowest BCUT2D eigenvalue weighted by atomic mass is 10.1. The topological polar surface area (TPSA) is 87.8 Å². The van der Waals surface area contributed by atoms with Gasteiger partial charge in [-0.3, -0.25) is 14.7 Å². The van der Waals surface area contributed by atoms with Crippen LogP contribution in [0.1, 0.15) is 26.5 Å². The van der Waals surface area contributed by atoms with Gasteiger partial charge in [0.25, 0.3) is 11.8 Å². The Hall–Kier alpha value is -3.03. The molecule has 1 aliphatic rings. The largest absolute Gasteiger partial charge is 0.497 e. The average Bonchev–Trinajstić information content (AvgIpc) is 3.12. The number of rotatable bonds is 4. The fourth-order valence-electron chi connectivity index (χ4n) is 2.92. The molecule has 1 fully saturated rings. The number of ether oxygens (including phenoxy) is 2. The number of nitrogens with one attached hydrogen (secondary N) is 1. The van der Waals surface area contributed by atoms with E-state index in [9.17, 15) is 9.59 Å². The van der Waals surface area contributed by atoms with E-state index >= 15 is 0 Å². The molecule has 0 saturated carbocycles. The van der Waals surface area contributed by atoms with Crippen molar-refractivity contribution in [3.63, 3.8) is 0 Å². The molecule has 26 heavy (non-hydrogen) atoms. The van der Waals surface area contributed by atoms with E-state index in [1.54, 1.807) is 48.3 Å². The zero-order valence-electron chi connectivity index (χ0n) is 15.1. The zero-order valence-corrected chi connectivity index (χ0v) is 15.1. The molecule has 0 aliphatic carbocycles. The third-order valence-electron chi connectivity index (χ3n) is 4.38. The highest BCUT2D eigenvalue weighted by atomic mass is 16.5. The molecule has 0 radical (unpaired) electrons. The Morgan fingerprint density at radius 2 is 1.46 bits per heavy atom. The fraction of sp³-hybridized carbons (Fsp3) is 0.389. The van der Waals surface area contributed by atoms with Crippen molar-refractivity contribution in [1.82, 2.24) is 20.0 Å². The van der Waals surface area contributed by atoms with Crippen molar-refractivity contribution in [1.29, 1.82) is 0 Å². The first kappa shape index (κ1) is 17.8. The number of aromatic amines is 1. The Kier molecular flexibility index (Phi) is 5.11. The molecule has 0 spiro atoms. The summed E-state index contributed by atoms with van der Waals surface area (Å²) in [7, 11) is 3.09. The second kappa shape index (κ2) is 7.47. The molecule has 1 saturated heterocycles. The Morgan fingerprint density at radius 1 is 0.923 bits per heavy atom. The molecule has 138 valence electrons. The summed E-state index contributed by atoms with van der Waals surface area (Å²) < 4.78 is 10.4. The smallest absolute Gasteiger partial charge is 0.274 e. The molecular weight excluding hydrogens is 336 g/mol. The lowest BCUT2D eigenvalue weighted by molar-refractivity contribution is 0.0532. The molecule has 8 nitrogen and oxygen atoms in total. The molecule has 2 amide bonds. The van der Waals surface area contributed by atoms with Gasteiger partial charge in [0.1, 0.15) is 17.2 Å². The fourth-order valence-corrected chi connectivity index (χ4v) is 2.92. The number of amides is 2. The van der Waals surface area contributed by atoms with Crippen LogP contribution in [-0.4, -0.2) is 72.2 Å². The van der Waals surface area contributed by atoms with Crippen molar-refractivity contribution in [3.8, 4) is 11.5 Å². The van der Waals surface area contributed by atoms with Crippen LogP contribution in [0.2, 0.25) is 0 Å². The van der Waals surface area contributed by atoms with Gasteiger partial charge >= 0.3 is 0 Å². The third kappa shape index (κ3) is 3.63. The first-order chi connectivity index (χ1) is 12.5. The predicted molar refractivity (Wildman–Crippen MR) is 94.7 cm³/mol. The third-order valence-corrected chi connectivity index (χ3v) is 4.38. The maximum Gasteiger partial charge on any atom is 0.274 e. The number of benzene rings is 1. The van der Waals surface area contributed by atoms with Crippen molar-refractivity contribution >= 4 is 11.8 Å². The summed E-state index contributed by atoms with van der Waals surface area (Å²) in [6, 6.07) is 6.82. The van der Waals surface area contributed by atoms with Crippen molar-refractivity contribution in [2.45, 2.75) is 6.92 Å². The number of carbonyl (C=O) groups excluding carboxylic acids is 2. The zero-order chi connectivity index (χ0) is 18.7. The van der Waals surface area contributed by atoms with Gasteiger partial charge in [0.2, 0.25) is 0 Å². The van der Waals surface area contributed by atoms with Crippen molar-refractivity contribution in [3.05, 3.63) is 41.2 Å². The van der Waals surface area contributed by atoms with E-state index in [2.05, 4.69) is 10.2 Å². The van der Waals surface area contributed by atoms with Gasteiger partial charge in [-0.05, 0) is 25.1 Å². The Labute approximate surface area is 151 Å². The van der Waals surface area contributed by atoms with E-state index < -0.39 is 0 Å². The second-order valence-electron chi connectivity index (χ2n) is 6.12. The van der Waals surface area contributed by atoms with E-state index in [-0.39, 0.29) is 11.8 Å². The van der Waals surface area contributed by atoms with Gasteiger partial charge < -0.3 is 19.3 Å². The minimum atomic E-state index is -0.121. The molecule has 1 aromatic heterocycles. The highest BCUT2D eigenvalue weighted by Gasteiger charge is 2.27. The SMILES string of the molecule is COc1cc(OC)cc(C(=O)N2CCN(C(=O)c3cc(C)[nH]n3)CC2)c1. The van der Waals surface area contributed by atoms with Crippen molar-refractivity contribution in [2.24, 2.45) is 0 Å². The Morgan fingerprint density at radius 3 is 1.92 bits per heavy atom. The molecule has 3 rings (SSSR count). The van der Waals surface area contributed by atoms with Crippen LogP contribution in [0.25, 0.3) is 0 Å². The standard InChI is InChI=1S/C18H22N4O4/c1-12-8-16(20-19-12)18(24)22-6-4-21(5-7-22)17(23)13-9-14(25-2)11-15(10-13)26-3/h8-11H,4-7H2,1-3H3,(H,19,20). The molecule has 1 aromatic carbocycles.